The molecule has 0 spiro atoms. The first-order valence-corrected chi connectivity index (χ1v) is 7.60. The van der Waals surface area contributed by atoms with Crippen molar-refractivity contribution in [3.8, 4) is 17.6 Å². The monoisotopic (exact) mass is 284 g/mol. The lowest BCUT2D eigenvalue weighted by molar-refractivity contribution is 0.309. The summed E-state index contributed by atoms with van der Waals surface area (Å²) in [5.74, 6) is 6.51. The molecule has 1 aromatic carbocycles. The molecule has 0 saturated heterocycles. The van der Waals surface area contributed by atoms with Gasteiger partial charge in [0, 0.05) is 4.88 Å². The number of aryl methyl sites for hydroxylation is 2. The van der Waals surface area contributed by atoms with Crippen molar-refractivity contribution < 1.29 is 9.84 Å². The van der Waals surface area contributed by atoms with Crippen LogP contribution in [0.4, 0.5) is 0 Å². The van der Waals surface area contributed by atoms with Gasteiger partial charge in [-0.25, -0.2) is 0 Å². The van der Waals surface area contributed by atoms with Gasteiger partial charge in [0.15, 0.2) is 0 Å². The van der Waals surface area contributed by atoms with Crippen LogP contribution in [0.5, 0.6) is 5.75 Å². The molecule has 0 amide bonds. The van der Waals surface area contributed by atoms with Crippen molar-refractivity contribution in [2.75, 3.05) is 6.61 Å². The van der Waals surface area contributed by atoms with Gasteiger partial charge in [0.05, 0.1) is 4.88 Å². The van der Waals surface area contributed by atoms with Crippen molar-refractivity contribution >= 4 is 11.3 Å². The van der Waals surface area contributed by atoms with Crippen LogP contribution in [0.1, 0.15) is 27.3 Å². The van der Waals surface area contributed by atoms with E-state index in [2.05, 4.69) is 30.0 Å². The van der Waals surface area contributed by atoms with Crippen molar-refractivity contribution in [3.05, 3.63) is 51.2 Å². The van der Waals surface area contributed by atoms with E-state index >= 15 is 0 Å². The number of hydrogen-bond donors (Lipinski definition) is 1. The van der Waals surface area contributed by atoms with Crippen LogP contribution in [-0.2, 0) is 19.4 Å². The third kappa shape index (κ3) is 3.04. The van der Waals surface area contributed by atoms with E-state index in [0.717, 1.165) is 15.5 Å². The minimum absolute atomic E-state index is 0.0984. The summed E-state index contributed by atoms with van der Waals surface area (Å²) < 4.78 is 5.85. The highest BCUT2D eigenvalue weighted by Crippen LogP contribution is 2.27. The highest BCUT2D eigenvalue weighted by molar-refractivity contribution is 7.12. The number of fused-ring (bicyclic) bond motifs is 1. The number of benzene rings is 1. The molecule has 20 heavy (non-hydrogen) atoms. The summed E-state index contributed by atoms with van der Waals surface area (Å²) in [6, 6.07) is 10.4. The third-order valence-electron chi connectivity index (χ3n) is 3.40. The Morgan fingerprint density at radius 1 is 1.15 bits per heavy atom. The number of rotatable bonds is 3. The van der Waals surface area contributed by atoms with Gasteiger partial charge in [-0.05, 0) is 54.7 Å². The molecule has 2 nitrogen and oxygen atoms in total. The molecule has 3 rings (SSSR count). The molecule has 1 N–H and O–H groups in total. The van der Waals surface area contributed by atoms with Crippen LogP contribution in [0, 0.1) is 11.8 Å². The van der Waals surface area contributed by atoms with E-state index in [9.17, 15) is 0 Å². The van der Waals surface area contributed by atoms with Gasteiger partial charge in [-0.3, -0.25) is 0 Å². The lowest BCUT2D eigenvalue weighted by Crippen LogP contribution is -1.93. The fraction of sp³-hybridized carbons (Fsp3) is 0.294. The second-order valence-electron chi connectivity index (χ2n) is 4.80. The Morgan fingerprint density at radius 2 is 2.05 bits per heavy atom. The van der Waals surface area contributed by atoms with Crippen LogP contribution in [-0.4, -0.2) is 11.7 Å². The highest BCUT2D eigenvalue weighted by Gasteiger charge is 2.11. The normalized spacial score (nSPS) is 12.7. The SMILES string of the molecule is OCC#Cc1ccc(COc2ccc3c(c2)CCC3)s1. The third-order valence-corrected chi connectivity index (χ3v) is 4.38. The maximum atomic E-state index is 8.67. The topological polar surface area (TPSA) is 29.5 Å². The molecule has 1 aliphatic carbocycles. The molecule has 3 heteroatoms. The lowest BCUT2D eigenvalue weighted by Gasteiger charge is -2.06. The lowest BCUT2D eigenvalue weighted by atomic mass is 10.1. The van der Waals surface area contributed by atoms with Crippen molar-refractivity contribution in [3.63, 3.8) is 0 Å². The van der Waals surface area contributed by atoms with Crippen molar-refractivity contribution in [2.45, 2.75) is 25.9 Å². The Morgan fingerprint density at radius 3 is 2.95 bits per heavy atom. The zero-order valence-electron chi connectivity index (χ0n) is 11.2. The Hall–Kier alpha value is -1.76. The summed E-state index contributed by atoms with van der Waals surface area (Å²) in [6.07, 6.45) is 3.64. The Kier molecular flexibility index (Phi) is 4.05. The summed E-state index contributed by atoms with van der Waals surface area (Å²) in [4.78, 5) is 2.11. The van der Waals surface area contributed by atoms with Gasteiger partial charge in [-0.15, -0.1) is 11.3 Å². The van der Waals surface area contributed by atoms with E-state index in [-0.39, 0.29) is 6.61 Å². The predicted octanol–water partition coefficient (Wildman–Crippen LogP) is 3.16. The fourth-order valence-electron chi connectivity index (χ4n) is 2.44. The molecule has 1 heterocycles. The van der Waals surface area contributed by atoms with E-state index in [0.29, 0.717) is 6.61 Å². The Balaban J connectivity index is 1.63. The van der Waals surface area contributed by atoms with Crippen molar-refractivity contribution in [2.24, 2.45) is 0 Å². The first-order chi connectivity index (χ1) is 9.85. The van der Waals surface area contributed by atoms with Gasteiger partial charge in [0.1, 0.15) is 19.0 Å². The molecule has 0 radical (unpaired) electrons. The molecule has 1 aliphatic rings. The molecule has 102 valence electrons. The van der Waals surface area contributed by atoms with E-state index in [4.69, 9.17) is 9.84 Å². The maximum Gasteiger partial charge on any atom is 0.122 e. The molecule has 0 saturated carbocycles. The van der Waals surface area contributed by atoms with Crippen LogP contribution in [0.25, 0.3) is 0 Å². The summed E-state index contributed by atoms with van der Waals surface area (Å²) in [5.41, 5.74) is 2.90. The number of aliphatic hydroxyl groups excluding tert-OH is 1. The molecule has 0 aliphatic heterocycles. The van der Waals surface area contributed by atoms with Crippen LogP contribution in [0.3, 0.4) is 0 Å². The summed E-state index contributed by atoms with van der Waals surface area (Å²) in [6.45, 7) is 0.475. The van der Waals surface area contributed by atoms with Gasteiger partial charge < -0.3 is 9.84 Å². The van der Waals surface area contributed by atoms with Crippen molar-refractivity contribution in [1.82, 2.24) is 0 Å². The van der Waals surface area contributed by atoms with Crippen molar-refractivity contribution in [1.29, 1.82) is 0 Å². The number of aliphatic hydroxyl groups is 1. The Bertz CT molecular complexity index is 661. The van der Waals surface area contributed by atoms with E-state index in [1.54, 1.807) is 11.3 Å². The summed E-state index contributed by atoms with van der Waals surface area (Å²) >= 11 is 1.61. The van der Waals surface area contributed by atoms with Gasteiger partial charge >= 0.3 is 0 Å². The minimum atomic E-state index is -0.0984. The highest BCUT2D eigenvalue weighted by atomic mass is 32.1. The van der Waals surface area contributed by atoms with E-state index in [1.807, 2.05) is 12.1 Å². The van der Waals surface area contributed by atoms with Gasteiger partial charge in [-0.1, -0.05) is 17.9 Å². The summed E-state index contributed by atoms with van der Waals surface area (Å²) in [7, 11) is 0. The first-order valence-electron chi connectivity index (χ1n) is 6.78. The van der Waals surface area contributed by atoms with Gasteiger partial charge in [0.2, 0.25) is 0 Å². The van der Waals surface area contributed by atoms with Crippen LogP contribution < -0.4 is 4.74 Å². The van der Waals surface area contributed by atoms with Crippen LogP contribution in [0.2, 0.25) is 0 Å². The second kappa shape index (κ2) is 6.13. The van der Waals surface area contributed by atoms with Gasteiger partial charge in [0.25, 0.3) is 0 Å². The second-order valence-corrected chi connectivity index (χ2v) is 5.97. The Labute approximate surface area is 123 Å². The fourth-order valence-corrected chi connectivity index (χ4v) is 3.24. The smallest absolute Gasteiger partial charge is 0.122 e. The number of hydrogen-bond acceptors (Lipinski definition) is 3. The number of thiophene rings is 1. The van der Waals surface area contributed by atoms with E-state index < -0.39 is 0 Å². The molecular formula is C17H16O2S. The first kappa shape index (κ1) is 13.2. The van der Waals surface area contributed by atoms with Crippen LogP contribution in [0.15, 0.2) is 30.3 Å². The molecule has 0 unspecified atom stereocenters. The molecule has 0 fully saturated rings. The molecule has 1 aromatic heterocycles. The van der Waals surface area contributed by atoms with Crippen LogP contribution >= 0.6 is 11.3 Å². The largest absolute Gasteiger partial charge is 0.488 e. The average Bonchev–Trinajstić information content (AvgIpc) is 3.11. The minimum Gasteiger partial charge on any atom is -0.488 e. The maximum absolute atomic E-state index is 8.67. The molecular weight excluding hydrogens is 268 g/mol. The molecule has 0 atom stereocenters. The van der Waals surface area contributed by atoms with E-state index in [1.165, 1.54) is 30.4 Å². The predicted molar refractivity (Wildman–Crippen MR) is 81.1 cm³/mol. The van der Waals surface area contributed by atoms with Gasteiger partial charge in [-0.2, -0.15) is 0 Å². The quantitative estimate of drug-likeness (QED) is 0.877. The molecule has 2 aromatic rings. The average molecular weight is 284 g/mol. The zero-order chi connectivity index (χ0) is 13.8. The zero-order valence-corrected chi connectivity index (χ0v) is 12.0. The standard InChI is InChI=1S/C17H16O2S/c18-10-2-5-16-8-9-17(20-16)12-19-15-7-6-13-3-1-4-14(13)11-15/h6-9,11,18H,1,3-4,10,12H2. The molecule has 0 bridgehead atoms. The summed E-state index contributed by atoms with van der Waals surface area (Å²) in [5, 5.41) is 8.67. The number of ether oxygens (including phenoxy) is 1.